The van der Waals surface area contributed by atoms with Crippen LogP contribution in [0.15, 0.2) is 53.8 Å². The van der Waals surface area contributed by atoms with Crippen molar-refractivity contribution in [3.05, 3.63) is 54.4 Å². The molecule has 0 spiro atoms. The number of hydrogen-bond donors (Lipinski definition) is 4. The number of amides is 1. The fraction of sp³-hybridized carbons (Fsp3) is 0.176. The quantitative estimate of drug-likeness (QED) is 0.354. The maximum atomic E-state index is 12.2. The van der Waals surface area contributed by atoms with E-state index in [2.05, 4.69) is 35.9 Å². The molecule has 3 aromatic rings. The Bertz CT molecular complexity index is 877. The van der Waals surface area contributed by atoms with Crippen molar-refractivity contribution in [2.75, 3.05) is 18.4 Å². The number of nitrogens with one attached hydrogen (secondary N) is 3. The van der Waals surface area contributed by atoms with Crippen LogP contribution in [0.5, 0.6) is 0 Å². The van der Waals surface area contributed by atoms with Crippen LogP contribution in [0, 0.1) is 0 Å². The second kappa shape index (κ2) is 8.47. The number of hydrogen-bond acceptors (Lipinski definition) is 6. The predicted molar refractivity (Wildman–Crippen MR) is 95.5 cm³/mol. The number of rotatable bonds is 8. The number of aromatic nitrogens is 4. The van der Waals surface area contributed by atoms with Gasteiger partial charge in [0.25, 0.3) is 5.91 Å². The summed E-state index contributed by atoms with van der Waals surface area (Å²) in [6.07, 6.45) is 2.30. The third-order valence-corrected chi connectivity index (χ3v) is 3.60. The molecule has 132 valence electrons. The molecule has 0 aliphatic heterocycles. The maximum Gasteiger partial charge on any atom is 0.315 e. The van der Waals surface area contributed by atoms with E-state index in [1.807, 2.05) is 30.3 Å². The van der Waals surface area contributed by atoms with Gasteiger partial charge in [-0.1, -0.05) is 30.3 Å². The minimum Gasteiger partial charge on any atom is -0.370 e. The van der Waals surface area contributed by atoms with Gasteiger partial charge in [-0.25, -0.2) is 4.98 Å². The van der Waals surface area contributed by atoms with Crippen LogP contribution >= 0.6 is 0 Å². The van der Waals surface area contributed by atoms with Crippen LogP contribution < -0.4 is 16.2 Å². The van der Waals surface area contributed by atoms with Crippen LogP contribution in [-0.4, -0.2) is 39.2 Å². The number of aromatic amines is 1. The van der Waals surface area contributed by atoms with Crippen LogP contribution in [0.1, 0.15) is 16.9 Å². The van der Waals surface area contributed by atoms with Gasteiger partial charge in [-0.05, 0) is 18.6 Å². The first-order valence-electron chi connectivity index (χ1n) is 8.13. The smallest absolute Gasteiger partial charge is 0.315 e. The molecule has 26 heavy (non-hydrogen) atoms. The van der Waals surface area contributed by atoms with Crippen LogP contribution in [0.2, 0.25) is 0 Å². The lowest BCUT2D eigenvalue weighted by Crippen LogP contribution is -2.26. The average Bonchev–Trinajstić information content (AvgIpc) is 3.19. The standard InChI is InChI=1S/C17H18N8O/c18-23-17-21-10-7-15(22-17)19-8-4-9-20-16(26)14-11-13(24-25-14)12-5-2-1-3-6-12/h1-3,5-7,10-11,18H,4,8-9H2,(H,20,26)(H,24,25)(H,19,21,22)/p+1. The number of nitrogens with zero attached hydrogens (tertiary/aromatic N) is 4. The highest BCUT2D eigenvalue weighted by atomic mass is 16.1. The fourth-order valence-corrected chi connectivity index (χ4v) is 2.31. The Kier molecular flexibility index (Phi) is 5.61. The lowest BCUT2D eigenvalue weighted by Gasteiger charge is -2.06. The van der Waals surface area contributed by atoms with E-state index in [0.717, 1.165) is 17.7 Å². The van der Waals surface area contributed by atoms with E-state index in [0.29, 0.717) is 24.6 Å². The summed E-state index contributed by atoms with van der Waals surface area (Å²) in [6.45, 7) is 1.16. The predicted octanol–water partition coefficient (Wildman–Crippen LogP) is 0.941. The van der Waals surface area contributed by atoms with E-state index < -0.39 is 0 Å². The number of carbonyl (C=O) groups is 1. The van der Waals surface area contributed by atoms with Gasteiger partial charge in [-0.3, -0.25) is 9.89 Å². The normalized spacial score (nSPS) is 10.3. The number of H-pyrrole nitrogens is 1. The molecule has 0 saturated heterocycles. The summed E-state index contributed by atoms with van der Waals surface area (Å²) in [5.41, 5.74) is 7.27. The molecular weight excluding hydrogens is 332 g/mol. The summed E-state index contributed by atoms with van der Waals surface area (Å²) in [6, 6.07) is 13.1. The number of benzene rings is 1. The van der Waals surface area contributed by atoms with Crippen molar-refractivity contribution in [3.8, 4) is 11.3 Å². The Morgan fingerprint density at radius 3 is 2.85 bits per heavy atom. The second-order valence-corrected chi connectivity index (χ2v) is 5.44. The summed E-state index contributed by atoms with van der Waals surface area (Å²) >= 11 is 0. The minimum atomic E-state index is -0.189. The molecule has 0 radical (unpaired) electrons. The van der Waals surface area contributed by atoms with Crippen molar-refractivity contribution in [2.24, 2.45) is 5.11 Å². The van der Waals surface area contributed by atoms with Gasteiger partial charge >= 0.3 is 5.95 Å². The molecule has 0 bridgehead atoms. The zero-order valence-corrected chi connectivity index (χ0v) is 14.0. The summed E-state index contributed by atoms with van der Waals surface area (Å²) in [4.78, 5) is 20.1. The molecule has 0 saturated carbocycles. The third-order valence-electron chi connectivity index (χ3n) is 3.60. The van der Waals surface area contributed by atoms with Crippen LogP contribution in [0.4, 0.5) is 11.8 Å². The molecule has 3 rings (SSSR count). The first-order valence-corrected chi connectivity index (χ1v) is 8.13. The molecule has 1 aromatic carbocycles. The van der Waals surface area contributed by atoms with Gasteiger partial charge in [-0.15, -0.1) is 5.53 Å². The molecule has 0 unspecified atom stereocenters. The molecule has 5 N–H and O–H groups in total. The Hall–Kier alpha value is -3.62. The van der Waals surface area contributed by atoms with Gasteiger partial charge in [0.15, 0.2) is 0 Å². The van der Waals surface area contributed by atoms with E-state index >= 15 is 0 Å². The molecule has 0 aliphatic rings. The minimum absolute atomic E-state index is 0.189. The molecule has 9 heteroatoms. The van der Waals surface area contributed by atoms with Crippen molar-refractivity contribution >= 4 is 17.7 Å². The Labute approximate surface area is 149 Å². The SMILES string of the molecule is [NH2+]=Nc1nccc(NCCCNC(=O)c2cc(-c3ccccc3)n[nH]2)n1. The fourth-order valence-electron chi connectivity index (χ4n) is 2.31. The van der Waals surface area contributed by atoms with Crippen LogP contribution in [-0.2, 0) is 0 Å². The Balaban J connectivity index is 1.43. The zero-order valence-electron chi connectivity index (χ0n) is 14.0. The topological polar surface area (TPSA) is 134 Å². The van der Waals surface area contributed by atoms with E-state index in [1.54, 1.807) is 18.3 Å². The van der Waals surface area contributed by atoms with Crippen molar-refractivity contribution in [1.29, 1.82) is 0 Å². The van der Waals surface area contributed by atoms with Gasteiger partial charge < -0.3 is 10.6 Å². The highest BCUT2D eigenvalue weighted by Gasteiger charge is 2.10. The van der Waals surface area contributed by atoms with Gasteiger partial charge in [0.2, 0.25) is 0 Å². The number of anilines is 1. The van der Waals surface area contributed by atoms with Crippen molar-refractivity contribution < 1.29 is 10.3 Å². The highest BCUT2D eigenvalue weighted by Crippen LogP contribution is 2.16. The Morgan fingerprint density at radius 1 is 1.19 bits per heavy atom. The van der Waals surface area contributed by atoms with Gasteiger partial charge in [0.05, 0.1) is 5.69 Å². The van der Waals surface area contributed by atoms with Gasteiger partial charge in [-0.2, -0.15) is 10.1 Å². The zero-order chi connectivity index (χ0) is 18.2. The van der Waals surface area contributed by atoms with Gasteiger partial charge in [0.1, 0.15) is 11.5 Å². The van der Waals surface area contributed by atoms with Gasteiger partial charge in [0, 0.05) is 30.0 Å². The van der Waals surface area contributed by atoms with Crippen molar-refractivity contribution in [2.45, 2.75) is 6.42 Å². The summed E-state index contributed by atoms with van der Waals surface area (Å²) < 4.78 is 0. The third kappa shape index (κ3) is 4.47. The van der Waals surface area contributed by atoms with Crippen LogP contribution in [0.25, 0.3) is 11.3 Å². The largest absolute Gasteiger partial charge is 0.370 e. The monoisotopic (exact) mass is 351 g/mol. The van der Waals surface area contributed by atoms with E-state index in [4.69, 9.17) is 5.53 Å². The maximum absolute atomic E-state index is 12.2. The molecule has 0 aliphatic carbocycles. The number of nitrogens with two attached hydrogens (primary N) is 1. The average molecular weight is 351 g/mol. The Morgan fingerprint density at radius 2 is 2.04 bits per heavy atom. The van der Waals surface area contributed by atoms with E-state index in [1.165, 1.54) is 0 Å². The molecule has 1 amide bonds. The van der Waals surface area contributed by atoms with E-state index in [-0.39, 0.29) is 11.9 Å². The highest BCUT2D eigenvalue weighted by molar-refractivity contribution is 5.93. The van der Waals surface area contributed by atoms with Crippen molar-refractivity contribution in [3.63, 3.8) is 0 Å². The molecule has 0 fully saturated rings. The molecule has 0 atom stereocenters. The second-order valence-electron chi connectivity index (χ2n) is 5.44. The van der Waals surface area contributed by atoms with Crippen molar-refractivity contribution in [1.82, 2.24) is 25.5 Å². The summed E-state index contributed by atoms with van der Waals surface area (Å²) in [5, 5.41) is 16.3. The first-order chi connectivity index (χ1) is 12.8. The lowest BCUT2D eigenvalue weighted by atomic mass is 10.1. The molecular formula is C17H19N8O+. The number of carbonyl (C=O) groups excluding carboxylic acids is 1. The molecule has 2 aromatic heterocycles. The first kappa shape index (κ1) is 17.2. The van der Waals surface area contributed by atoms with Crippen LogP contribution in [0.3, 0.4) is 0 Å². The molecule has 2 heterocycles. The van der Waals surface area contributed by atoms with E-state index in [9.17, 15) is 4.79 Å². The summed E-state index contributed by atoms with van der Waals surface area (Å²) in [7, 11) is 0. The lowest BCUT2D eigenvalue weighted by molar-refractivity contribution is -0.211. The summed E-state index contributed by atoms with van der Waals surface area (Å²) in [5.74, 6) is 0.666. The molecule has 9 nitrogen and oxygen atoms in total.